The number of hydrogen-bond donors (Lipinski definition) is 1. The van der Waals surface area contributed by atoms with E-state index in [0.29, 0.717) is 38.2 Å². The maximum atomic E-state index is 12.9. The summed E-state index contributed by atoms with van der Waals surface area (Å²) in [5, 5.41) is 3.20. The number of carbonyl (C=O) groups is 1. The van der Waals surface area contributed by atoms with Crippen molar-refractivity contribution in [2.24, 2.45) is 5.92 Å². The van der Waals surface area contributed by atoms with Gasteiger partial charge in [0.25, 0.3) is 0 Å². The lowest BCUT2D eigenvalue weighted by atomic mass is 9.97. The van der Waals surface area contributed by atoms with E-state index in [1.165, 1.54) is 23.5 Å². The summed E-state index contributed by atoms with van der Waals surface area (Å²) in [6.45, 7) is 1.99. The van der Waals surface area contributed by atoms with Gasteiger partial charge in [0.15, 0.2) is 0 Å². The highest BCUT2D eigenvalue weighted by atomic mass is 35.5. The second-order valence-corrected chi connectivity index (χ2v) is 9.26. The van der Waals surface area contributed by atoms with Gasteiger partial charge in [-0.25, -0.2) is 13.4 Å². The molecule has 0 bridgehead atoms. The molecule has 0 radical (unpaired) electrons. The van der Waals surface area contributed by atoms with E-state index in [9.17, 15) is 13.2 Å². The summed E-state index contributed by atoms with van der Waals surface area (Å²) in [4.78, 5) is 16.5. The van der Waals surface area contributed by atoms with Gasteiger partial charge in [-0.1, -0.05) is 11.6 Å². The highest BCUT2D eigenvalue weighted by Crippen LogP contribution is 2.30. The first-order valence-corrected chi connectivity index (χ1v) is 11.3. The van der Waals surface area contributed by atoms with Crippen molar-refractivity contribution in [3.63, 3.8) is 0 Å². The van der Waals surface area contributed by atoms with E-state index >= 15 is 0 Å². The Morgan fingerprint density at radius 3 is 2.72 bits per heavy atom. The van der Waals surface area contributed by atoms with Gasteiger partial charge in [0.2, 0.25) is 15.9 Å². The van der Waals surface area contributed by atoms with Gasteiger partial charge in [0.1, 0.15) is 5.75 Å². The molecule has 2 aromatic rings. The number of ether oxygens (including phenoxy) is 1. The van der Waals surface area contributed by atoms with Crippen LogP contribution in [0.4, 0.5) is 0 Å². The summed E-state index contributed by atoms with van der Waals surface area (Å²) in [5.74, 6) is 0.239. The van der Waals surface area contributed by atoms with Crippen LogP contribution in [-0.2, 0) is 21.4 Å². The second kappa shape index (κ2) is 9.60. The summed E-state index contributed by atoms with van der Waals surface area (Å²) >= 11 is 6.07. The number of aromatic nitrogens is 2. The van der Waals surface area contributed by atoms with E-state index in [1.807, 2.05) is 10.8 Å². The third kappa shape index (κ3) is 5.29. The minimum Gasteiger partial charge on any atom is -0.495 e. The Morgan fingerprint density at radius 1 is 1.34 bits per heavy atom. The predicted octanol–water partition coefficient (Wildman–Crippen LogP) is 2.15. The molecule has 0 aliphatic carbocycles. The average molecular weight is 441 g/mol. The van der Waals surface area contributed by atoms with E-state index < -0.39 is 10.0 Å². The number of halogens is 1. The number of hydrogen-bond acceptors (Lipinski definition) is 5. The highest BCUT2D eigenvalue weighted by Gasteiger charge is 2.32. The number of sulfonamides is 1. The number of piperidine rings is 1. The monoisotopic (exact) mass is 440 g/mol. The molecule has 2 heterocycles. The van der Waals surface area contributed by atoms with Gasteiger partial charge < -0.3 is 14.6 Å². The van der Waals surface area contributed by atoms with Gasteiger partial charge >= 0.3 is 0 Å². The van der Waals surface area contributed by atoms with E-state index in [1.54, 1.807) is 18.6 Å². The van der Waals surface area contributed by atoms with Gasteiger partial charge in [0, 0.05) is 44.5 Å². The molecule has 1 amide bonds. The molecule has 10 heteroatoms. The minimum absolute atomic E-state index is 0.0137. The smallest absolute Gasteiger partial charge is 0.243 e. The van der Waals surface area contributed by atoms with Crippen LogP contribution in [0.2, 0.25) is 5.02 Å². The first-order valence-electron chi connectivity index (χ1n) is 9.49. The quantitative estimate of drug-likeness (QED) is 0.635. The first-order chi connectivity index (χ1) is 13.9. The number of methoxy groups -OCH3 is 1. The summed E-state index contributed by atoms with van der Waals surface area (Å²) in [6.07, 6.45) is 7.16. The molecule has 1 aliphatic heterocycles. The summed E-state index contributed by atoms with van der Waals surface area (Å²) in [6, 6.07) is 4.42. The zero-order valence-corrected chi connectivity index (χ0v) is 17.8. The number of imidazole rings is 1. The fraction of sp³-hybridized carbons (Fsp3) is 0.474. The number of nitrogens with zero attached hydrogens (tertiary/aromatic N) is 3. The third-order valence-electron chi connectivity index (χ3n) is 5.04. The first kappa shape index (κ1) is 21.6. The number of rotatable bonds is 8. The van der Waals surface area contributed by atoms with Crippen molar-refractivity contribution >= 4 is 27.5 Å². The molecule has 0 spiro atoms. The largest absolute Gasteiger partial charge is 0.495 e. The van der Waals surface area contributed by atoms with Crippen LogP contribution in [0.15, 0.2) is 41.8 Å². The minimum atomic E-state index is -3.65. The lowest BCUT2D eigenvalue weighted by Gasteiger charge is -2.30. The van der Waals surface area contributed by atoms with Crippen molar-refractivity contribution in [1.29, 1.82) is 0 Å². The van der Waals surface area contributed by atoms with Gasteiger partial charge in [-0.2, -0.15) is 4.31 Å². The standard InChI is InChI=1S/C19H25ClN4O4S/c1-28-18-4-3-16(13-17(18)20)29(26,27)24-10-5-15(6-11-24)19(25)22-7-2-9-23-12-8-21-14-23/h3-4,8,12-15H,2,5-7,9-11H2,1H3,(H,22,25). The fourth-order valence-electron chi connectivity index (χ4n) is 3.35. The maximum Gasteiger partial charge on any atom is 0.243 e. The van der Waals surface area contributed by atoms with Gasteiger partial charge in [0.05, 0.1) is 23.4 Å². The fourth-order valence-corrected chi connectivity index (χ4v) is 5.17. The number of benzene rings is 1. The van der Waals surface area contributed by atoms with Crippen molar-refractivity contribution < 1.29 is 17.9 Å². The third-order valence-corrected chi connectivity index (χ3v) is 7.23. The van der Waals surface area contributed by atoms with Crippen molar-refractivity contribution in [2.75, 3.05) is 26.7 Å². The number of nitrogens with one attached hydrogen (secondary N) is 1. The highest BCUT2D eigenvalue weighted by molar-refractivity contribution is 7.89. The van der Waals surface area contributed by atoms with Crippen LogP contribution in [0.3, 0.4) is 0 Å². The Hall–Kier alpha value is -2.10. The molecule has 0 saturated carbocycles. The van der Waals surface area contributed by atoms with Crippen LogP contribution in [0.25, 0.3) is 0 Å². The van der Waals surface area contributed by atoms with E-state index in [0.717, 1.165) is 13.0 Å². The normalized spacial score (nSPS) is 15.9. The Bertz CT molecular complexity index is 926. The molecular formula is C19H25ClN4O4S. The average Bonchev–Trinajstić information content (AvgIpc) is 3.24. The number of aryl methyl sites for hydroxylation is 1. The molecule has 1 fully saturated rings. The molecule has 1 aromatic carbocycles. The van der Waals surface area contributed by atoms with Crippen LogP contribution < -0.4 is 10.1 Å². The van der Waals surface area contributed by atoms with E-state index in [-0.39, 0.29) is 21.7 Å². The Labute approximate surface area is 175 Å². The molecule has 0 unspecified atom stereocenters. The number of carbonyl (C=O) groups excluding carboxylic acids is 1. The van der Waals surface area contributed by atoms with Crippen LogP contribution >= 0.6 is 11.6 Å². The van der Waals surface area contributed by atoms with Gasteiger partial charge in [-0.3, -0.25) is 4.79 Å². The van der Waals surface area contributed by atoms with Crippen LogP contribution in [-0.4, -0.2) is 54.9 Å². The maximum absolute atomic E-state index is 12.9. The molecule has 1 saturated heterocycles. The van der Waals surface area contributed by atoms with Crippen molar-refractivity contribution in [1.82, 2.24) is 19.2 Å². The molecule has 0 atom stereocenters. The lowest BCUT2D eigenvalue weighted by Crippen LogP contribution is -2.43. The summed E-state index contributed by atoms with van der Waals surface area (Å²) < 4.78 is 34.2. The molecule has 1 N–H and O–H groups in total. The molecule has 29 heavy (non-hydrogen) atoms. The van der Waals surface area contributed by atoms with Crippen molar-refractivity contribution in [2.45, 2.75) is 30.7 Å². The molecule has 8 nitrogen and oxygen atoms in total. The molecular weight excluding hydrogens is 416 g/mol. The summed E-state index contributed by atoms with van der Waals surface area (Å²) in [7, 11) is -2.18. The van der Waals surface area contributed by atoms with Crippen molar-refractivity contribution in [3.8, 4) is 5.75 Å². The Kier molecular flexibility index (Phi) is 7.15. The van der Waals surface area contributed by atoms with Gasteiger partial charge in [-0.05, 0) is 37.5 Å². The molecule has 158 valence electrons. The van der Waals surface area contributed by atoms with E-state index in [2.05, 4.69) is 10.3 Å². The number of amides is 1. The zero-order valence-electron chi connectivity index (χ0n) is 16.3. The van der Waals surface area contributed by atoms with Gasteiger partial charge in [-0.15, -0.1) is 0 Å². The van der Waals surface area contributed by atoms with Crippen LogP contribution in [0.5, 0.6) is 5.75 Å². The molecule has 1 aliphatic rings. The van der Waals surface area contributed by atoms with Crippen LogP contribution in [0, 0.1) is 5.92 Å². The zero-order chi connectivity index (χ0) is 20.9. The Morgan fingerprint density at radius 2 is 2.10 bits per heavy atom. The van der Waals surface area contributed by atoms with Crippen LogP contribution in [0.1, 0.15) is 19.3 Å². The van der Waals surface area contributed by atoms with Crippen molar-refractivity contribution in [3.05, 3.63) is 41.9 Å². The summed E-state index contributed by atoms with van der Waals surface area (Å²) in [5.41, 5.74) is 0. The SMILES string of the molecule is COc1ccc(S(=O)(=O)N2CCC(C(=O)NCCCn3ccnc3)CC2)cc1Cl. The topological polar surface area (TPSA) is 93.5 Å². The van der Waals surface area contributed by atoms with E-state index in [4.69, 9.17) is 16.3 Å². The second-order valence-electron chi connectivity index (χ2n) is 6.92. The predicted molar refractivity (Wildman–Crippen MR) is 109 cm³/mol. The molecule has 3 rings (SSSR count). The molecule has 1 aromatic heterocycles. The Balaban J connectivity index is 1.48. The lowest BCUT2D eigenvalue weighted by molar-refractivity contribution is -0.126.